The van der Waals surface area contributed by atoms with Crippen molar-refractivity contribution in [2.45, 2.75) is 57.9 Å². The van der Waals surface area contributed by atoms with Crippen LogP contribution in [-0.2, 0) is 10.2 Å². The molecule has 2 heterocycles. The summed E-state index contributed by atoms with van der Waals surface area (Å²) in [5, 5.41) is 9.41. The molecular formula is C14H28N2O3S. The number of hydrogen-bond acceptors (Lipinski definition) is 3. The van der Waals surface area contributed by atoms with Crippen molar-refractivity contribution in [1.29, 1.82) is 0 Å². The van der Waals surface area contributed by atoms with E-state index >= 15 is 0 Å². The number of piperidine rings is 2. The van der Waals surface area contributed by atoms with Crippen LogP contribution in [0.3, 0.4) is 0 Å². The normalized spacial score (nSPS) is 27.8. The van der Waals surface area contributed by atoms with Gasteiger partial charge < -0.3 is 5.11 Å². The minimum absolute atomic E-state index is 0.0640. The third-order valence-corrected chi connectivity index (χ3v) is 6.77. The van der Waals surface area contributed by atoms with Gasteiger partial charge in [0.15, 0.2) is 0 Å². The summed E-state index contributed by atoms with van der Waals surface area (Å²) < 4.78 is 28.6. The SMILES string of the molecule is CCCC1CCN(S(=O)(=O)N2CCCCC2CO)CC1. The van der Waals surface area contributed by atoms with Gasteiger partial charge in [-0.15, -0.1) is 0 Å². The van der Waals surface area contributed by atoms with Crippen molar-refractivity contribution >= 4 is 10.2 Å². The van der Waals surface area contributed by atoms with Gasteiger partial charge in [-0.05, 0) is 31.6 Å². The third-order valence-electron chi connectivity index (χ3n) is 4.68. The fourth-order valence-electron chi connectivity index (χ4n) is 3.45. The molecule has 0 amide bonds. The molecule has 2 fully saturated rings. The third kappa shape index (κ3) is 3.53. The minimum atomic E-state index is -3.38. The maximum absolute atomic E-state index is 12.7. The lowest BCUT2D eigenvalue weighted by Crippen LogP contribution is -2.53. The number of hydrogen-bond donors (Lipinski definition) is 1. The van der Waals surface area contributed by atoms with Crippen LogP contribution in [0.5, 0.6) is 0 Å². The van der Waals surface area contributed by atoms with Crippen LogP contribution in [0.4, 0.5) is 0 Å². The molecule has 118 valence electrons. The molecule has 2 rings (SSSR count). The molecule has 20 heavy (non-hydrogen) atoms. The average molecular weight is 304 g/mol. The van der Waals surface area contributed by atoms with Crippen molar-refractivity contribution < 1.29 is 13.5 Å². The molecule has 2 aliphatic rings. The first kappa shape index (κ1) is 16.2. The van der Waals surface area contributed by atoms with E-state index in [1.54, 1.807) is 4.31 Å². The van der Waals surface area contributed by atoms with Gasteiger partial charge in [0.2, 0.25) is 0 Å². The Bertz CT molecular complexity index is 391. The maximum atomic E-state index is 12.7. The summed E-state index contributed by atoms with van der Waals surface area (Å²) in [4.78, 5) is 0. The average Bonchev–Trinajstić information content (AvgIpc) is 2.48. The Morgan fingerprint density at radius 1 is 1.10 bits per heavy atom. The fraction of sp³-hybridized carbons (Fsp3) is 1.00. The Balaban J connectivity index is 1.99. The largest absolute Gasteiger partial charge is 0.395 e. The van der Waals surface area contributed by atoms with Crippen molar-refractivity contribution in [2.75, 3.05) is 26.2 Å². The Hall–Kier alpha value is -0.170. The molecule has 0 aromatic carbocycles. The quantitative estimate of drug-likeness (QED) is 0.839. The predicted molar refractivity (Wildman–Crippen MR) is 79.6 cm³/mol. The van der Waals surface area contributed by atoms with Gasteiger partial charge in [-0.1, -0.05) is 26.2 Å². The molecule has 1 atom stereocenters. The van der Waals surface area contributed by atoms with Crippen molar-refractivity contribution in [3.8, 4) is 0 Å². The molecule has 1 unspecified atom stereocenters. The summed E-state index contributed by atoms with van der Waals surface area (Å²) in [5.74, 6) is 0.682. The van der Waals surface area contributed by atoms with Crippen molar-refractivity contribution in [2.24, 2.45) is 5.92 Å². The Morgan fingerprint density at radius 2 is 1.80 bits per heavy atom. The zero-order valence-corrected chi connectivity index (χ0v) is 13.3. The first-order valence-electron chi connectivity index (χ1n) is 7.97. The van der Waals surface area contributed by atoms with Gasteiger partial charge >= 0.3 is 0 Å². The lowest BCUT2D eigenvalue weighted by molar-refractivity contribution is 0.143. The predicted octanol–water partition coefficient (Wildman–Crippen LogP) is 1.59. The molecule has 0 aromatic heterocycles. The molecule has 2 aliphatic heterocycles. The fourth-order valence-corrected chi connectivity index (χ4v) is 5.32. The Labute approximate surface area is 123 Å². The summed E-state index contributed by atoms with van der Waals surface area (Å²) in [6, 6.07) is -0.220. The van der Waals surface area contributed by atoms with Crippen LogP contribution in [0.2, 0.25) is 0 Å². The zero-order valence-electron chi connectivity index (χ0n) is 12.5. The van der Waals surface area contributed by atoms with Crippen molar-refractivity contribution in [3.63, 3.8) is 0 Å². The zero-order chi connectivity index (χ0) is 14.6. The molecule has 0 spiro atoms. The summed E-state index contributed by atoms with van der Waals surface area (Å²) >= 11 is 0. The van der Waals surface area contributed by atoms with Crippen molar-refractivity contribution in [3.05, 3.63) is 0 Å². The molecule has 6 heteroatoms. The highest BCUT2D eigenvalue weighted by Crippen LogP contribution is 2.27. The van der Waals surface area contributed by atoms with E-state index in [4.69, 9.17) is 0 Å². The van der Waals surface area contributed by atoms with Gasteiger partial charge in [0, 0.05) is 25.7 Å². The summed E-state index contributed by atoms with van der Waals surface area (Å²) in [7, 11) is -3.38. The monoisotopic (exact) mass is 304 g/mol. The Morgan fingerprint density at radius 3 is 2.40 bits per heavy atom. The summed E-state index contributed by atoms with van der Waals surface area (Å²) in [6.07, 6.45) is 7.03. The van der Waals surface area contributed by atoms with Gasteiger partial charge in [0.1, 0.15) is 0 Å². The molecule has 2 saturated heterocycles. The number of aliphatic hydroxyl groups is 1. The van der Waals surface area contributed by atoms with Crippen LogP contribution in [0.25, 0.3) is 0 Å². The van der Waals surface area contributed by atoms with Gasteiger partial charge in [0.05, 0.1) is 6.61 Å². The van der Waals surface area contributed by atoms with Crippen LogP contribution < -0.4 is 0 Å². The van der Waals surface area contributed by atoms with Crippen LogP contribution >= 0.6 is 0 Å². The van der Waals surface area contributed by atoms with E-state index < -0.39 is 10.2 Å². The first-order chi connectivity index (χ1) is 9.59. The van der Waals surface area contributed by atoms with Crippen LogP contribution in [0.1, 0.15) is 51.9 Å². The molecule has 5 nitrogen and oxygen atoms in total. The summed E-state index contributed by atoms with van der Waals surface area (Å²) in [5.41, 5.74) is 0. The number of nitrogens with zero attached hydrogens (tertiary/aromatic N) is 2. The minimum Gasteiger partial charge on any atom is -0.395 e. The smallest absolute Gasteiger partial charge is 0.282 e. The van der Waals surface area contributed by atoms with Crippen molar-refractivity contribution in [1.82, 2.24) is 8.61 Å². The lowest BCUT2D eigenvalue weighted by Gasteiger charge is -2.39. The molecule has 0 aliphatic carbocycles. The molecular weight excluding hydrogens is 276 g/mol. The van der Waals surface area contributed by atoms with E-state index in [0.29, 0.717) is 25.6 Å². The highest BCUT2D eigenvalue weighted by atomic mass is 32.2. The van der Waals surface area contributed by atoms with E-state index in [9.17, 15) is 13.5 Å². The maximum Gasteiger partial charge on any atom is 0.282 e. The standard InChI is InChI=1S/C14H28N2O3S/c1-2-5-13-7-10-15(11-8-13)20(18,19)16-9-4-3-6-14(16)12-17/h13-14,17H,2-12H2,1H3. The van der Waals surface area contributed by atoms with E-state index in [2.05, 4.69) is 6.92 Å². The van der Waals surface area contributed by atoms with Crippen LogP contribution in [-0.4, -0.2) is 54.4 Å². The molecule has 1 N–H and O–H groups in total. The second-order valence-electron chi connectivity index (χ2n) is 6.08. The number of rotatable bonds is 5. The highest BCUT2D eigenvalue weighted by Gasteiger charge is 2.37. The first-order valence-corrected chi connectivity index (χ1v) is 9.37. The van der Waals surface area contributed by atoms with Gasteiger partial charge in [-0.25, -0.2) is 0 Å². The molecule has 0 radical (unpaired) electrons. The highest BCUT2D eigenvalue weighted by molar-refractivity contribution is 7.86. The van der Waals surface area contributed by atoms with E-state index in [-0.39, 0.29) is 12.6 Å². The van der Waals surface area contributed by atoms with Gasteiger partial charge in [-0.3, -0.25) is 0 Å². The number of aliphatic hydroxyl groups excluding tert-OH is 1. The van der Waals surface area contributed by atoms with Gasteiger partial charge in [0.25, 0.3) is 10.2 Å². The van der Waals surface area contributed by atoms with E-state index in [1.165, 1.54) is 17.1 Å². The topological polar surface area (TPSA) is 60.9 Å². The summed E-state index contributed by atoms with van der Waals surface area (Å²) in [6.45, 7) is 3.96. The second-order valence-corrected chi connectivity index (χ2v) is 7.96. The van der Waals surface area contributed by atoms with Crippen LogP contribution in [0.15, 0.2) is 0 Å². The molecule has 0 aromatic rings. The van der Waals surface area contributed by atoms with E-state index in [1.807, 2.05) is 0 Å². The molecule has 0 bridgehead atoms. The lowest BCUT2D eigenvalue weighted by atomic mass is 9.94. The van der Waals surface area contributed by atoms with E-state index in [0.717, 1.165) is 32.1 Å². The van der Waals surface area contributed by atoms with Crippen LogP contribution in [0, 0.1) is 5.92 Å². The molecule has 0 saturated carbocycles. The Kier molecular flexibility index (Phi) is 5.84. The van der Waals surface area contributed by atoms with Gasteiger partial charge in [-0.2, -0.15) is 17.0 Å². The second kappa shape index (κ2) is 7.20.